The zero-order valence-corrected chi connectivity index (χ0v) is 6.98. The average Bonchev–Trinajstić information content (AvgIpc) is 1.97. The summed E-state index contributed by atoms with van der Waals surface area (Å²) in [6.45, 7) is 4.30. The van der Waals surface area contributed by atoms with E-state index in [1.54, 1.807) is 0 Å². The van der Waals surface area contributed by atoms with E-state index in [-0.39, 0.29) is 0 Å². The summed E-state index contributed by atoms with van der Waals surface area (Å²) in [5.74, 6) is 6.07. The summed E-state index contributed by atoms with van der Waals surface area (Å²) in [6, 6.07) is 0. The molecular formula is C10H16. The van der Waals surface area contributed by atoms with Gasteiger partial charge in [-0.3, -0.25) is 0 Å². The van der Waals surface area contributed by atoms with Crippen LogP contribution in [0.5, 0.6) is 0 Å². The van der Waals surface area contributed by atoms with E-state index in [0.29, 0.717) is 0 Å². The quantitative estimate of drug-likeness (QED) is 0.413. The lowest BCUT2D eigenvalue weighted by Crippen LogP contribution is -1.65. The van der Waals surface area contributed by atoms with Gasteiger partial charge in [-0.2, -0.15) is 0 Å². The minimum atomic E-state index is 1.05. The van der Waals surface area contributed by atoms with Gasteiger partial charge in [0.2, 0.25) is 0 Å². The van der Waals surface area contributed by atoms with Gasteiger partial charge >= 0.3 is 0 Å². The Kier molecular flexibility index (Phi) is 7.72. The monoisotopic (exact) mass is 136 g/mol. The van der Waals surface area contributed by atoms with E-state index in [1.165, 1.54) is 12.8 Å². The van der Waals surface area contributed by atoms with Crippen molar-refractivity contribution < 1.29 is 0 Å². The number of hydrogen-bond donors (Lipinski definition) is 0. The van der Waals surface area contributed by atoms with Gasteiger partial charge < -0.3 is 0 Å². The molecule has 0 atom stereocenters. The van der Waals surface area contributed by atoms with Crippen LogP contribution in [0.25, 0.3) is 0 Å². The van der Waals surface area contributed by atoms with Gasteiger partial charge in [0.25, 0.3) is 0 Å². The summed E-state index contributed by atoms with van der Waals surface area (Å²) in [7, 11) is 0. The first-order chi connectivity index (χ1) is 4.91. The number of unbranched alkanes of at least 4 members (excludes halogenated alkanes) is 2. The topological polar surface area (TPSA) is 0 Å². The lowest BCUT2D eigenvalue weighted by molar-refractivity contribution is 0.828. The van der Waals surface area contributed by atoms with Crippen LogP contribution in [0, 0.1) is 11.8 Å². The molecule has 0 unspecified atom stereocenters. The molecule has 0 radical (unpaired) electrons. The standard InChI is InChI=1S/C10H16/c1-3-5-7-9-10-8-6-4-2/h5,7H,3-4,6,8H2,1-2H3. The maximum atomic E-state index is 3.08. The molecule has 0 rings (SSSR count). The van der Waals surface area contributed by atoms with Gasteiger partial charge in [-0.25, -0.2) is 0 Å². The summed E-state index contributed by atoms with van der Waals surface area (Å²) in [5.41, 5.74) is 0. The highest BCUT2D eigenvalue weighted by molar-refractivity contribution is 5.14. The van der Waals surface area contributed by atoms with E-state index in [1.807, 2.05) is 6.08 Å². The van der Waals surface area contributed by atoms with Gasteiger partial charge in [0.15, 0.2) is 0 Å². The molecule has 56 valence electrons. The van der Waals surface area contributed by atoms with Crippen LogP contribution >= 0.6 is 0 Å². The summed E-state index contributed by atoms with van der Waals surface area (Å²) in [6.07, 6.45) is 8.63. The van der Waals surface area contributed by atoms with Crippen molar-refractivity contribution in [3.63, 3.8) is 0 Å². The normalized spacial score (nSPS) is 9.40. The van der Waals surface area contributed by atoms with Crippen LogP contribution in [-0.2, 0) is 0 Å². The number of hydrogen-bond acceptors (Lipinski definition) is 0. The first kappa shape index (κ1) is 9.30. The van der Waals surface area contributed by atoms with Crippen molar-refractivity contribution in [3.8, 4) is 11.8 Å². The zero-order chi connectivity index (χ0) is 7.66. The summed E-state index contributed by atoms with van der Waals surface area (Å²) >= 11 is 0. The Balaban J connectivity index is 3.22. The maximum absolute atomic E-state index is 3.08. The fraction of sp³-hybridized carbons (Fsp3) is 0.600. The Morgan fingerprint density at radius 2 is 2.10 bits per heavy atom. The van der Waals surface area contributed by atoms with Crippen molar-refractivity contribution in [2.75, 3.05) is 0 Å². The van der Waals surface area contributed by atoms with E-state index in [2.05, 4.69) is 31.8 Å². The summed E-state index contributed by atoms with van der Waals surface area (Å²) in [4.78, 5) is 0. The van der Waals surface area contributed by atoms with E-state index >= 15 is 0 Å². The highest BCUT2D eigenvalue weighted by Gasteiger charge is 1.73. The molecule has 0 aromatic heterocycles. The Hall–Kier alpha value is -0.700. The molecule has 0 aromatic rings. The molecule has 0 fully saturated rings. The van der Waals surface area contributed by atoms with Crippen molar-refractivity contribution in [3.05, 3.63) is 12.2 Å². The molecule has 0 nitrogen and oxygen atoms in total. The first-order valence-corrected chi connectivity index (χ1v) is 4.05. The molecule has 0 heterocycles. The summed E-state index contributed by atoms with van der Waals surface area (Å²) in [5, 5.41) is 0. The van der Waals surface area contributed by atoms with Gasteiger partial charge in [0.05, 0.1) is 0 Å². The third kappa shape index (κ3) is 7.30. The third-order valence-electron chi connectivity index (χ3n) is 1.19. The van der Waals surface area contributed by atoms with Crippen LogP contribution in [0.3, 0.4) is 0 Å². The predicted octanol–water partition coefficient (Wildman–Crippen LogP) is 3.15. The Morgan fingerprint density at radius 3 is 2.70 bits per heavy atom. The second-order valence-electron chi connectivity index (χ2n) is 2.24. The van der Waals surface area contributed by atoms with Crippen LogP contribution in [0.2, 0.25) is 0 Å². The van der Waals surface area contributed by atoms with Crippen LogP contribution < -0.4 is 0 Å². The first-order valence-electron chi connectivity index (χ1n) is 4.05. The van der Waals surface area contributed by atoms with Crippen molar-refractivity contribution in [2.24, 2.45) is 0 Å². The molecular weight excluding hydrogens is 120 g/mol. The van der Waals surface area contributed by atoms with E-state index in [0.717, 1.165) is 12.8 Å². The zero-order valence-electron chi connectivity index (χ0n) is 6.98. The van der Waals surface area contributed by atoms with Crippen LogP contribution in [0.15, 0.2) is 12.2 Å². The lowest BCUT2D eigenvalue weighted by atomic mass is 10.2. The van der Waals surface area contributed by atoms with Crippen LogP contribution in [-0.4, -0.2) is 0 Å². The molecule has 0 heteroatoms. The minimum absolute atomic E-state index is 1.05. The minimum Gasteiger partial charge on any atom is -0.0985 e. The van der Waals surface area contributed by atoms with Crippen LogP contribution in [0.1, 0.15) is 39.5 Å². The summed E-state index contributed by atoms with van der Waals surface area (Å²) < 4.78 is 0. The van der Waals surface area contributed by atoms with Crippen molar-refractivity contribution >= 4 is 0 Å². The number of allylic oxidation sites excluding steroid dienone is 2. The molecule has 10 heavy (non-hydrogen) atoms. The van der Waals surface area contributed by atoms with Gasteiger partial charge in [-0.1, -0.05) is 38.2 Å². The van der Waals surface area contributed by atoms with Crippen molar-refractivity contribution in [1.82, 2.24) is 0 Å². The Morgan fingerprint density at radius 1 is 1.30 bits per heavy atom. The molecule has 0 bridgehead atoms. The van der Waals surface area contributed by atoms with Gasteiger partial charge in [-0.05, 0) is 18.9 Å². The smallest absolute Gasteiger partial charge is 0.00921 e. The van der Waals surface area contributed by atoms with Gasteiger partial charge in [-0.15, -0.1) is 0 Å². The fourth-order valence-electron chi connectivity index (χ4n) is 0.573. The molecule has 0 saturated heterocycles. The van der Waals surface area contributed by atoms with E-state index in [9.17, 15) is 0 Å². The second-order valence-corrected chi connectivity index (χ2v) is 2.24. The van der Waals surface area contributed by atoms with Crippen molar-refractivity contribution in [1.29, 1.82) is 0 Å². The van der Waals surface area contributed by atoms with Crippen LogP contribution in [0.4, 0.5) is 0 Å². The SMILES string of the molecule is CCC=CC#CCCCC. The van der Waals surface area contributed by atoms with Gasteiger partial charge in [0, 0.05) is 6.42 Å². The van der Waals surface area contributed by atoms with Gasteiger partial charge in [0.1, 0.15) is 0 Å². The lowest BCUT2D eigenvalue weighted by Gasteiger charge is -1.81. The average molecular weight is 136 g/mol. The van der Waals surface area contributed by atoms with Crippen molar-refractivity contribution in [2.45, 2.75) is 39.5 Å². The maximum Gasteiger partial charge on any atom is 0.00921 e. The molecule has 0 saturated carbocycles. The molecule has 0 aromatic carbocycles. The van der Waals surface area contributed by atoms with E-state index < -0.39 is 0 Å². The number of rotatable bonds is 3. The highest BCUT2D eigenvalue weighted by atomic mass is 13.8. The second kappa shape index (κ2) is 8.30. The fourth-order valence-corrected chi connectivity index (χ4v) is 0.573. The molecule has 0 amide bonds. The Bertz CT molecular complexity index is 132. The molecule has 0 aliphatic heterocycles. The molecule has 0 aliphatic carbocycles. The van der Waals surface area contributed by atoms with E-state index in [4.69, 9.17) is 0 Å². The predicted molar refractivity (Wildman–Crippen MR) is 46.7 cm³/mol. The molecule has 0 aliphatic rings. The molecule has 0 N–H and O–H groups in total. The molecule has 0 spiro atoms. The third-order valence-corrected chi connectivity index (χ3v) is 1.19. The largest absolute Gasteiger partial charge is 0.0985 e. The Labute approximate surface area is 64.3 Å². The highest BCUT2D eigenvalue weighted by Crippen LogP contribution is 1.90.